The van der Waals surface area contributed by atoms with Gasteiger partial charge in [-0.05, 0) is 37.6 Å². The molecule has 0 atom stereocenters. The summed E-state index contributed by atoms with van der Waals surface area (Å²) in [6.45, 7) is 5.02. The van der Waals surface area contributed by atoms with E-state index in [1.807, 2.05) is 29.2 Å². The fourth-order valence-electron chi connectivity index (χ4n) is 1.58. The van der Waals surface area contributed by atoms with E-state index >= 15 is 0 Å². The Labute approximate surface area is 83.7 Å². The number of nitrogens with zero attached hydrogens (tertiary/aromatic N) is 1. The second-order valence-electron chi connectivity index (χ2n) is 3.53. The van der Waals surface area contributed by atoms with Gasteiger partial charge in [0.1, 0.15) is 0 Å². The van der Waals surface area contributed by atoms with Crippen LogP contribution in [-0.2, 0) is 6.54 Å². The maximum atomic E-state index is 3.29. The molecule has 14 heavy (non-hydrogen) atoms. The van der Waals surface area contributed by atoms with Gasteiger partial charge in [0.05, 0.1) is 6.54 Å². The summed E-state index contributed by atoms with van der Waals surface area (Å²) in [6, 6.07) is 6.18. The zero-order valence-electron chi connectivity index (χ0n) is 8.54. The highest BCUT2D eigenvalue weighted by Gasteiger charge is 2.00. The van der Waals surface area contributed by atoms with Crippen LogP contribution >= 0.6 is 0 Å². The predicted molar refractivity (Wildman–Crippen MR) is 57.8 cm³/mol. The molecule has 0 aliphatic carbocycles. The minimum absolute atomic E-state index is 0.852. The molecule has 0 bridgehead atoms. The van der Waals surface area contributed by atoms with Crippen LogP contribution < -0.4 is 5.43 Å². The fourth-order valence-corrected chi connectivity index (χ4v) is 1.58. The quantitative estimate of drug-likeness (QED) is 0.762. The first kappa shape index (κ1) is 8.94. The summed E-state index contributed by atoms with van der Waals surface area (Å²) in [5.74, 6) is 0. The maximum Gasteiger partial charge on any atom is 0.0581 e. The Hall–Kier alpha value is -1.64. The van der Waals surface area contributed by atoms with Gasteiger partial charge in [0.2, 0.25) is 0 Å². The summed E-state index contributed by atoms with van der Waals surface area (Å²) < 4.78 is 1.96. The molecule has 0 saturated carbocycles. The zero-order chi connectivity index (χ0) is 9.97. The summed E-state index contributed by atoms with van der Waals surface area (Å²) in [5, 5.41) is 0. The number of aromatic amines is 1. The Kier molecular flexibility index (Phi) is 2.31. The second kappa shape index (κ2) is 3.62. The monoisotopic (exact) mass is 189 g/mol. The lowest BCUT2D eigenvalue weighted by atomic mass is 10.2. The number of nitrogens with one attached hydrogen (secondary N) is 2. The Bertz CT molecular complexity index is 398. The summed E-state index contributed by atoms with van der Waals surface area (Å²) in [6.07, 6.45) is 3.99. The van der Waals surface area contributed by atoms with Crippen molar-refractivity contribution in [1.29, 1.82) is 0 Å². The van der Waals surface area contributed by atoms with Gasteiger partial charge in [0, 0.05) is 23.8 Å². The van der Waals surface area contributed by atoms with E-state index in [0.29, 0.717) is 0 Å². The van der Waals surface area contributed by atoms with E-state index in [2.05, 4.69) is 30.3 Å². The zero-order valence-corrected chi connectivity index (χ0v) is 8.54. The van der Waals surface area contributed by atoms with Crippen LogP contribution in [0, 0.1) is 13.8 Å². The number of aryl methyl sites for hydroxylation is 2. The number of hydrogen-bond acceptors (Lipinski definition) is 1. The molecule has 3 nitrogen and oxygen atoms in total. The third-order valence-electron chi connectivity index (χ3n) is 2.31. The van der Waals surface area contributed by atoms with Gasteiger partial charge in [-0.25, -0.2) is 0 Å². The lowest BCUT2D eigenvalue weighted by Crippen LogP contribution is -2.11. The van der Waals surface area contributed by atoms with Crippen molar-refractivity contribution < 1.29 is 0 Å². The van der Waals surface area contributed by atoms with Crippen molar-refractivity contribution in [3.05, 3.63) is 47.5 Å². The number of aromatic nitrogens is 2. The van der Waals surface area contributed by atoms with Gasteiger partial charge in [-0.15, -0.1) is 0 Å². The van der Waals surface area contributed by atoms with Crippen molar-refractivity contribution in [3.63, 3.8) is 0 Å². The van der Waals surface area contributed by atoms with Crippen LogP contribution in [0.25, 0.3) is 0 Å². The molecule has 0 aliphatic heterocycles. The minimum Gasteiger partial charge on any atom is -0.362 e. The van der Waals surface area contributed by atoms with Crippen LogP contribution in [0.4, 0.5) is 0 Å². The van der Waals surface area contributed by atoms with E-state index in [4.69, 9.17) is 0 Å². The van der Waals surface area contributed by atoms with Gasteiger partial charge < -0.3 is 10.4 Å². The van der Waals surface area contributed by atoms with Gasteiger partial charge in [-0.3, -0.25) is 4.68 Å². The molecule has 2 N–H and O–H groups in total. The van der Waals surface area contributed by atoms with Crippen LogP contribution in [0.2, 0.25) is 0 Å². The smallest absolute Gasteiger partial charge is 0.0581 e. The minimum atomic E-state index is 0.852. The summed E-state index contributed by atoms with van der Waals surface area (Å²) >= 11 is 0. The van der Waals surface area contributed by atoms with Gasteiger partial charge in [-0.1, -0.05) is 0 Å². The molecule has 0 spiro atoms. The molecular weight excluding hydrogens is 174 g/mol. The molecule has 0 aliphatic rings. The highest BCUT2D eigenvalue weighted by molar-refractivity contribution is 5.25. The summed E-state index contributed by atoms with van der Waals surface area (Å²) in [7, 11) is 0. The van der Waals surface area contributed by atoms with Crippen molar-refractivity contribution in [2.75, 3.05) is 5.43 Å². The Morgan fingerprint density at radius 3 is 2.57 bits per heavy atom. The van der Waals surface area contributed by atoms with Gasteiger partial charge in [0.25, 0.3) is 0 Å². The van der Waals surface area contributed by atoms with E-state index in [1.54, 1.807) is 0 Å². The summed E-state index contributed by atoms with van der Waals surface area (Å²) in [4.78, 5) is 3.29. The largest absolute Gasteiger partial charge is 0.362 e. The van der Waals surface area contributed by atoms with Crippen molar-refractivity contribution in [1.82, 2.24) is 9.66 Å². The third kappa shape index (κ3) is 1.82. The molecule has 2 heterocycles. The molecule has 2 aromatic heterocycles. The molecule has 2 aromatic rings. The van der Waals surface area contributed by atoms with Crippen molar-refractivity contribution >= 4 is 0 Å². The average Bonchev–Trinajstić information content (AvgIpc) is 2.72. The van der Waals surface area contributed by atoms with Gasteiger partial charge in [-0.2, -0.15) is 0 Å². The second-order valence-corrected chi connectivity index (χ2v) is 3.53. The first-order chi connectivity index (χ1) is 6.75. The molecule has 0 fully saturated rings. The molecule has 0 amide bonds. The van der Waals surface area contributed by atoms with Crippen molar-refractivity contribution in [2.24, 2.45) is 0 Å². The van der Waals surface area contributed by atoms with E-state index in [9.17, 15) is 0 Å². The lowest BCUT2D eigenvalue weighted by molar-refractivity contribution is 0.843. The number of H-pyrrole nitrogens is 1. The Morgan fingerprint density at radius 1 is 1.29 bits per heavy atom. The normalized spacial score (nSPS) is 10.4. The maximum absolute atomic E-state index is 3.29. The van der Waals surface area contributed by atoms with Crippen molar-refractivity contribution in [2.45, 2.75) is 20.4 Å². The molecular formula is C11H15N3. The number of hydrogen-bond donors (Lipinski definition) is 2. The Morgan fingerprint density at radius 2 is 2.00 bits per heavy atom. The van der Waals surface area contributed by atoms with E-state index < -0.39 is 0 Å². The highest BCUT2D eigenvalue weighted by Crippen LogP contribution is 2.08. The Balaban J connectivity index is 2.01. The fraction of sp³-hybridized carbons (Fsp3) is 0.273. The van der Waals surface area contributed by atoms with E-state index in [0.717, 1.165) is 6.54 Å². The average molecular weight is 189 g/mol. The lowest BCUT2D eigenvalue weighted by Gasteiger charge is -2.06. The van der Waals surface area contributed by atoms with E-state index in [-0.39, 0.29) is 0 Å². The predicted octanol–water partition coefficient (Wildman–Crippen LogP) is 2.18. The first-order valence-corrected chi connectivity index (χ1v) is 4.77. The van der Waals surface area contributed by atoms with Crippen LogP contribution in [0.5, 0.6) is 0 Å². The number of rotatable bonds is 3. The molecule has 0 aromatic carbocycles. The van der Waals surface area contributed by atoms with Crippen LogP contribution in [0.15, 0.2) is 30.6 Å². The third-order valence-corrected chi connectivity index (χ3v) is 2.31. The van der Waals surface area contributed by atoms with Gasteiger partial charge in [0.15, 0.2) is 0 Å². The highest BCUT2D eigenvalue weighted by atomic mass is 15.4. The molecule has 0 unspecified atom stereocenters. The van der Waals surface area contributed by atoms with E-state index in [1.165, 1.54) is 17.0 Å². The van der Waals surface area contributed by atoms with Crippen LogP contribution in [0.3, 0.4) is 0 Å². The molecule has 2 rings (SSSR count). The van der Waals surface area contributed by atoms with Crippen molar-refractivity contribution in [3.8, 4) is 0 Å². The summed E-state index contributed by atoms with van der Waals surface area (Å²) in [5.41, 5.74) is 7.06. The SMILES string of the molecule is Cc1cc(CNn2cccc2)c(C)[nH]1. The standard InChI is InChI=1S/C11H15N3/c1-9-7-11(10(2)13-9)8-12-14-5-3-4-6-14/h3-7,12-13H,8H2,1-2H3. The molecule has 74 valence electrons. The van der Waals surface area contributed by atoms with Crippen LogP contribution in [-0.4, -0.2) is 9.66 Å². The first-order valence-electron chi connectivity index (χ1n) is 4.77. The van der Waals surface area contributed by atoms with Crippen LogP contribution in [0.1, 0.15) is 17.0 Å². The molecule has 0 saturated heterocycles. The molecule has 3 heteroatoms. The molecule has 0 radical (unpaired) electrons. The topological polar surface area (TPSA) is 32.8 Å². The van der Waals surface area contributed by atoms with Gasteiger partial charge >= 0.3 is 0 Å².